The lowest BCUT2D eigenvalue weighted by Crippen LogP contribution is -1.93. The van der Waals surface area contributed by atoms with Crippen LogP contribution in [-0.2, 0) is 0 Å². The van der Waals surface area contributed by atoms with E-state index in [4.69, 9.17) is 4.98 Å². The van der Waals surface area contributed by atoms with E-state index in [2.05, 4.69) is 150 Å². The summed E-state index contributed by atoms with van der Waals surface area (Å²) in [4.78, 5) is 5.13. The fourth-order valence-corrected chi connectivity index (χ4v) is 9.30. The number of fused-ring (bicyclic) bond motifs is 10. The molecule has 10 aromatic rings. The molecule has 4 heteroatoms. The zero-order valence-corrected chi connectivity index (χ0v) is 25.7. The molecule has 0 aliphatic heterocycles. The molecule has 45 heavy (non-hydrogen) atoms. The van der Waals surface area contributed by atoms with Crippen LogP contribution in [0.15, 0.2) is 146 Å². The third-order valence-corrected chi connectivity index (χ3v) is 11.3. The van der Waals surface area contributed by atoms with E-state index in [1.54, 1.807) is 11.3 Å². The van der Waals surface area contributed by atoms with Crippen molar-refractivity contribution in [2.24, 2.45) is 0 Å². The van der Waals surface area contributed by atoms with E-state index in [0.717, 1.165) is 21.8 Å². The van der Waals surface area contributed by atoms with Crippen LogP contribution >= 0.6 is 22.7 Å². The van der Waals surface area contributed by atoms with Crippen LogP contribution in [0.4, 0.5) is 0 Å². The summed E-state index contributed by atoms with van der Waals surface area (Å²) >= 11 is 3.67. The largest absolute Gasteiger partial charge is 0.309 e. The Morgan fingerprint density at radius 1 is 0.467 bits per heavy atom. The highest BCUT2D eigenvalue weighted by Crippen LogP contribution is 2.44. The first-order chi connectivity index (χ1) is 22.3. The Morgan fingerprint density at radius 3 is 2.13 bits per heavy atom. The molecule has 7 aromatic carbocycles. The molecular weight excluding hydrogens is 585 g/mol. The lowest BCUT2D eigenvalue weighted by atomic mass is 10.0. The normalized spacial score (nSPS) is 12.0. The second kappa shape index (κ2) is 9.60. The van der Waals surface area contributed by atoms with Gasteiger partial charge in [-0.1, -0.05) is 91.0 Å². The summed E-state index contributed by atoms with van der Waals surface area (Å²) in [6, 6.07) is 52.8. The Balaban J connectivity index is 1.09. The van der Waals surface area contributed by atoms with E-state index in [1.165, 1.54) is 68.6 Å². The average molecular weight is 609 g/mol. The van der Waals surface area contributed by atoms with Crippen molar-refractivity contribution in [2.45, 2.75) is 0 Å². The SMILES string of the molecule is c1ccc(-c2ccc3c(c2)sc2ccc4nc(-c5ccc(-n6c7ccccc7c7c8ccccc8ccc76)cc5)sc4c23)cc1. The van der Waals surface area contributed by atoms with E-state index in [0.29, 0.717) is 0 Å². The second-order valence-corrected chi connectivity index (χ2v) is 13.6. The summed E-state index contributed by atoms with van der Waals surface area (Å²) in [6.07, 6.45) is 0. The van der Waals surface area contributed by atoms with Crippen molar-refractivity contribution in [3.63, 3.8) is 0 Å². The first-order valence-electron chi connectivity index (χ1n) is 15.1. The quantitative estimate of drug-likeness (QED) is 0.195. The molecule has 0 N–H and O–H groups in total. The van der Waals surface area contributed by atoms with Crippen molar-refractivity contribution < 1.29 is 0 Å². The number of rotatable bonds is 3. The Hall–Kier alpha value is -5.29. The highest BCUT2D eigenvalue weighted by Gasteiger charge is 2.17. The summed E-state index contributed by atoms with van der Waals surface area (Å²) < 4.78 is 6.29. The summed E-state index contributed by atoms with van der Waals surface area (Å²) in [6.45, 7) is 0. The van der Waals surface area contributed by atoms with Gasteiger partial charge >= 0.3 is 0 Å². The second-order valence-electron chi connectivity index (χ2n) is 11.6. The Kier molecular flexibility index (Phi) is 5.35. The highest BCUT2D eigenvalue weighted by atomic mass is 32.1. The Morgan fingerprint density at radius 2 is 1.24 bits per heavy atom. The van der Waals surface area contributed by atoms with Gasteiger partial charge in [0.1, 0.15) is 5.01 Å². The van der Waals surface area contributed by atoms with E-state index in [9.17, 15) is 0 Å². The number of thiazole rings is 1. The molecule has 0 bridgehead atoms. The number of hydrogen-bond donors (Lipinski definition) is 0. The van der Waals surface area contributed by atoms with Crippen molar-refractivity contribution in [1.82, 2.24) is 9.55 Å². The minimum Gasteiger partial charge on any atom is -0.309 e. The zero-order valence-electron chi connectivity index (χ0n) is 24.1. The van der Waals surface area contributed by atoms with Gasteiger partial charge in [-0.05, 0) is 76.5 Å². The third-order valence-electron chi connectivity index (χ3n) is 9.03. The molecule has 10 rings (SSSR count). The van der Waals surface area contributed by atoms with Crippen LogP contribution in [0, 0.1) is 0 Å². The van der Waals surface area contributed by atoms with E-state index in [-0.39, 0.29) is 0 Å². The van der Waals surface area contributed by atoms with Crippen molar-refractivity contribution in [3.05, 3.63) is 146 Å². The Bertz CT molecular complexity index is 2750. The van der Waals surface area contributed by atoms with Gasteiger partial charge in [0.25, 0.3) is 0 Å². The van der Waals surface area contributed by atoms with Gasteiger partial charge in [0.2, 0.25) is 0 Å². The maximum absolute atomic E-state index is 5.13. The van der Waals surface area contributed by atoms with Gasteiger partial charge in [0.05, 0.1) is 21.3 Å². The first-order valence-corrected chi connectivity index (χ1v) is 16.8. The van der Waals surface area contributed by atoms with E-state index < -0.39 is 0 Å². The van der Waals surface area contributed by atoms with Gasteiger partial charge in [-0.15, -0.1) is 22.7 Å². The summed E-state index contributed by atoms with van der Waals surface area (Å²) in [5, 5.41) is 8.83. The number of thiophene rings is 1. The Labute approximate surface area is 267 Å². The van der Waals surface area contributed by atoms with Crippen molar-refractivity contribution in [3.8, 4) is 27.4 Å². The molecule has 0 saturated carbocycles. The predicted molar refractivity (Wildman–Crippen MR) is 195 cm³/mol. The predicted octanol–water partition coefficient (Wildman–Crippen LogP) is 12.2. The molecule has 3 heterocycles. The average Bonchev–Trinajstić information content (AvgIpc) is 3.80. The minimum atomic E-state index is 1.05. The minimum absolute atomic E-state index is 1.05. The number of benzene rings is 7. The topological polar surface area (TPSA) is 17.8 Å². The molecule has 0 aliphatic rings. The number of nitrogens with zero attached hydrogens (tertiary/aromatic N) is 2. The molecule has 0 unspecified atom stereocenters. The maximum atomic E-state index is 5.13. The van der Waals surface area contributed by atoms with Crippen LogP contribution in [-0.4, -0.2) is 9.55 Å². The molecule has 0 saturated heterocycles. The standard InChI is InChI=1S/C41H24N2S2/c1-2-8-25(9-3-1)28-16-20-32-37(24-28)44-36-23-21-33-40(39(32)36)45-41(42-33)27-14-18-29(19-15-27)43-34-13-7-6-12-31(34)38-30-11-5-4-10-26(30)17-22-35(38)43/h1-24H. The molecule has 0 aliphatic carbocycles. The van der Waals surface area contributed by atoms with Crippen LogP contribution in [0.3, 0.4) is 0 Å². The molecule has 0 atom stereocenters. The van der Waals surface area contributed by atoms with Crippen LogP contribution in [0.2, 0.25) is 0 Å². The van der Waals surface area contributed by atoms with E-state index >= 15 is 0 Å². The fourth-order valence-electron chi connectivity index (χ4n) is 6.95. The third kappa shape index (κ3) is 3.77. The summed E-state index contributed by atoms with van der Waals surface area (Å²) in [7, 11) is 0. The molecule has 0 spiro atoms. The molecule has 3 aromatic heterocycles. The van der Waals surface area contributed by atoms with Crippen molar-refractivity contribution in [2.75, 3.05) is 0 Å². The summed E-state index contributed by atoms with van der Waals surface area (Å²) in [5.41, 5.74) is 8.32. The molecule has 2 nitrogen and oxygen atoms in total. The van der Waals surface area contributed by atoms with Gasteiger partial charge in [0, 0.05) is 42.2 Å². The number of para-hydroxylation sites is 1. The van der Waals surface area contributed by atoms with E-state index in [1.807, 2.05) is 11.3 Å². The number of hydrogen-bond acceptors (Lipinski definition) is 3. The maximum Gasteiger partial charge on any atom is 0.124 e. The lowest BCUT2D eigenvalue weighted by molar-refractivity contribution is 1.18. The zero-order chi connectivity index (χ0) is 29.5. The molecular formula is C41H24N2S2. The molecule has 210 valence electrons. The van der Waals surface area contributed by atoms with Gasteiger partial charge in [0.15, 0.2) is 0 Å². The van der Waals surface area contributed by atoms with Gasteiger partial charge in [-0.25, -0.2) is 4.98 Å². The fraction of sp³-hybridized carbons (Fsp3) is 0. The molecule has 0 amide bonds. The van der Waals surface area contributed by atoms with Crippen LogP contribution < -0.4 is 0 Å². The van der Waals surface area contributed by atoms with Gasteiger partial charge in [-0.3, -0.25) is 0 Å². The molecule has 0 radical (unpaired) electrons. The van der Waals surface area contributed by atoms with Crippen molar-refractivity contribution >= 4 is 85.6 Å². The monoisotopic (exact) mass is 608 g/mol. The van der Waals surface area contributed by atoms with Gasteiger partial charge in [-0.2, -0.15) is 0 Å². The van der Waals surface area contributed by atoms with Crippen LogP contribution in [0.25, 0.3) is 90.4 Å². The summed E-state index contributed by atoms with van der Waals surface area (Å²) in [5.74, 6) is 0. The van der Waals surface area contributed by atoms with Crippen LogP contribution in [0.1, 0.15) is 0 Å². The van der Waals surface area contributed by atoms with Gasteiger partial charge < -0.3 is 4.57 Å². The van der Waals surface area contributed by atoms with Crippen LogP contribution in [0.5, 0.6) is 0 Å². The van der Waals surface area contributed by atoms with Crippen molar-refractivity contribution in [1.29, 1.82) is 0 Å². The lowest BCUT2D eigenvalue weighted by Gasteiger charge is -2.09. The number of aromatic nitrogens is 2. The highest BCUT2D eigenvalue weighted by molar-refractivity contribution is 7.28. The molecule has 0 fully saturated rings. The smallest absolute Gasteiger partial charge is 0.124 e. The first kappa shape index (κ1) is 25.1.